The second-order valence-corrected chi connectivity index (χ2v) is 13.1. The smallest absolute Gasteiger partial charge is 0.117 e. The van der Waals surface area contributed by atoms with Crippen LogP contribution in [0.1, 0.15) is 58.8 Å². The van der Waals surface area contributed by atoms with Gasteiger partial charge in [-0.1, -0.05) is 52.4 Å². The fourth-order valence-electron chi connectivity index (χ4n) is 2.60. The highest BCUT2D eigenvalue weighted by molar-refractivity contribution is 8.29. The third-order valence-electron chi connectivity index (χ3n) is 3.66. The second kappa shape index (κ2) is 7.78. The molecular weight excluding hydrogens is 216 g/mol. The van der Waals surface area contributed by atoms with Gasteiger partial charge in [-0.3, -0.25) is 0 Å². The Hall–Kier alpha value is 0.567. The van der Waals surface area contributed by atoms with E-state index in [2.05, 4.69) is 25.1 Å². The van der Waals surface area contributed by atoms with Crippen LogP contribution in [0.25, 0.3) is 0 Å². The monoisotopic (exact) mass is 244 g/mol. The van der Waals surface area contributed by atoms with Gasteiger partial charge in [-0.15, -0.1) is 0 Å². The lowest BCUT2D eigenvalue weighted by Crippen LogP contribution is -2.29. The van der Waals surface area contributed by atoms with E-state index in [0.717, 1.165) is 0 Å². The van der Waals surface area contributed by atoms with E-state index in [0.29, 0.717) is 0 Å². The van der Waals surface area contributed by atoms with Gasteiger partial charge in [0.25, 0.3) is 0 Å². The van der Waals surface area contributed by atoms with Gasteiger partial charge in [0.05, 0.1) is 0 Å². The fourth-order valence-corrected chi connectivity index (χ4v) is 11.8. The van der Waals surface area contributed by atoms with Crippen molar-refractivity contribution in [3.05, 3.63) is 0 Å². The molecule has 1 heterocycles. The molecule has 0 aliphatic carbocycles. The molecule has 0 aromatic carbocycles. The van der Waals surface area contributed by atoms with Gasteiger partial charge in [-0.05, 0) is 30.3 Å². The van der Waals surface area contributed by atoms with Crippen LogP contribution in [0.2, 0.25) is 18.1 Å². The molecule has 0 N–H and O–H groups in total. The maximum Gasteiger partial charge on any atom is 0.117 e. The van der Waals surface area contributed by atoms with Crippen molar-refractivity contribution in [2.24, 2.45) is 0 Å². The zero-order chi connectivity index (χ0) is 11.0. The summed E-state index contributed by atoms with van der Waals surface area (Å²) in [4.78, 5) is 0. The van der Waals surface area contributed by atoms with E-state index < -0.39 is 7.22 Å². The van der Waals surface area contributed by atoms with Crippen molar-refractivity contribution in [1.82, 2.24) is 0 Å². The van der Waals surface area contributed by atoms with Crippen LogP contribution >= 0.6 is 11.2 Å². The highest BCUT2D eigenvalue weighted by Crippen LogP contribution is 2.40. The number of unbranched alkanes of at least 4 members (excludes halogenated alkanes) is 2. The Balaban J connectivity index is 2.47. The molecular formula is C13H28SSi. The van der Waals surface area contributed by atoms with Crippen molar-refractivity contribution in [2.75, 3.05) is 5.75 Å². The van der Waals surface area contributed by atoms with Crippen molar-refractivity contribution in [1.29, 1.82) is 0 Å². The topological polar surface area (TPSA) is 0 Å². The average molecular weight is 245 g/mol. The first-order chi connectivity index (χ1) is 7.33. The Kier molecular flexibility index (Phi) is 7.07. The third-order valence-corrected chi connectivity index (χ3v) is 12.8. The second-order valence-electron chi connectivity index (χ2n) is 5.05. The van der Waals surface area contributed by atoms with Crippen LogP contribution in [0, 0.1) is 0 Å². The molecule has 0 unspecified atom stereocenters. The van der Waals surface area contributed by atoms with E-state index in [9.17, 15) is 0 Å². The molecule has 0 nitrogen and oxygen atoms in total. The van der Waals surface area contributed by atoms with Gasteiger partial charge in [-0.2, -0.15) is 11.2 Å². The summed E-state index contributed by atoms with van der Waals surface area (Å²) < 4.78 is 0. The van der Waals surface area contributed by atoms with Crippen LogP contribution in [0.15, 0.2) is 0 Å². The molecule has 1 rings (SSSR count). The molecule has 1 aliphatic heterocycles. The molecule has 0 amide bonds. The third kappa shape index (κ3) is 4.95. The first-order valence-electron chi connectivity index (χ1n) is 6.97. The lowest BCUT2D eigenvalue weighted by atomic mass is 10.3. The Morgan fingerprint density at radius 1 is 0.933 bits per heavy atom. The zero-order valence-electron chi connectivity index (χ0n) is 10.7. The summed E-state index contributed by atoms with van der Waals surface area (Å²) in [6.45, 7) is 4.70. The van der Waals surface area contributed by atoms with Gasteiger partial charge in [0.1, 0.15) is 7.22 Å². The van der Waals surface area contributed by atoms with Crippen molar-refractivity contribution in [3.8, 4) is 0 Å². The van der Waals surface area contributed by atoms with Gasteiger partial charge < -0.3 is 0 Å². The first kappa shape index (κ1) is 13.6. The lowest BCUT2D eigenvalue weighted by molar-refractivity contribution is 0.765. The molecule has 0 aromatic rings. The fraction of sp³-hybridized carbons (Fsp3) is 1.00. The van der Waals surface area contributed by atoms with E-state index in [4.69, 9.17) is 0 Å². The Morgan fingerprint density at radius 2 is 1.60 bits per heavy atom. The maximum atomic E-state index is 2.45. The van der Waals surface area contributed by atoms with E-state index in [1.54, 1.807) is 24.6 Å². The summed E-state index contributed by atoms with van der Waals surface area (Å²) in [6, 6.07) is 4.88. The predicted octanol–water partition coefficient (Wildman–Crippen LogP) is 5.45. The number of hydrogen-bond acceptors (Lipinski definition) is 1. The molecule has 0 saturated carbocycles. The molecule has 1 saturated heterocycles. The summed E-state index contributed by atoms with van der Waals surface area (Å²) in [5, 5.41) is 0. The van der Waals surface area contributed by atoms with Gasteiger partial charge >= 0.3 is 0 Å². The lowest BCUT2D eigenvalue weighted by Gasteiger charge is -2.29. The standard InChI is InChI=1S/C13H28SSi/c1-3-5-11-15(12-6-4-2)13-9-7-8-10-14-15/h3-13H2,1-2H3. The van der Waals surface area contributed by atoms with Crippen LogP contribution < -0.4 is 0 Å². The molecule has 1 fully saturated rings. The Bertz CT molecular complexity index is 141. The minimum atomic E-state index is -0.858. The largest absolute Gasteiger partial charge is 0.185 e. The zero-order valence-corrected chi connectivity index (χ0v) is 12.5. The average Bonchev–Trinajstić information content (AvgIpc) is 2.50. The summed E-state index contributed by atoms with van der Waals surface area (Å²) in [6.07, 6.45) is 10.4. The van der Waals surface area contributed by atoms with Crippen LogP contribution in [0.3, 0.4) is 0 Å². The molecule has 15 heavy (non-hydrogen) atoms. The van der Waals surface area contributed by atoms with E-state index in [-0.39, 0.29) is 0 Å². The van der Waals surface area contributed by atoms with Gasteiger partial charge in [0.2, 0.25) is 0 Å². The summed E-state index contributed by atoms with van der Waals surface area (Å²) >= 11 is 2.45. The van der Waals surface area contributed by atoms with Gasteiger partial charge in [0.15, 0.2) is 0 Å². The van der Waals surface area contributed by atoms with E-state index in [1.807, 2.05) is 0 Å². The molecule has 0 spiro atoms. The maximum absolute atomic E-state index is 2.45. The Labute approximate surface area is 101 Å². The van der Waals surface area contributed by atoms with E-state index in [1.165, 1.54) is 44.3 Å². The quantitative estimate of drug-likeness (QED) is 0.560. The molecule has 0 atom stereocenters. The predicted molar refractivity (Wildman–Crippen MR) is 76.3 cm³/mol. The highest BCUT2D eigenvalue weighted by atomic mass is 32.4. The molecule has 2 heteroatoms. The molecule has 1 aliphatic rings. The Morgan fingerprint density at radius 3 is 2.20 bits per heavy atom. The van der Waals surface area contributed by atoms with E-state index >= 15 is 0 Å². The SMILES string of the molecule is CCCC[Si]1(CCCC)CCCCCS1. The minimum absolute atomic E-state index is 0.858. The number of hydrogen-bond donors (Lipinski definition) is 0. The molecule has 0 bridgehead atoms. The van der Waals surface area contributed by atoms with Gasteiger partial charge in [0, 0.05) is 0 Å². The molecule has 0 aromatic heterocycles. The normalized spacial score (nSPS) is 21.2. The molecule has 90 valence electrons. The van der Waals surface area contributed by atoms with Crippen molar-refractivity contribution >= 4 is 18.4 Å². The highest BCUT2D eigenvalue weighted by Gasteiger charge is 2.32. The first-order valence-corrected chi connectivity index (χ1v) is 11.3. The summed E-state index contributed by atoms with van der Waals surface area (Å²) in [7, 11) is -0.858. The summed E-state index contributed by atoms with van der Waals surface area (Å²) in [5.41, 5.74) is 0. The van der Waals surface area contributed by atoms with Crippen LogP contribution in [0.5, 0.6) is 0 Å². The number of rotatable bonds is 6. The molecule has 0 radical (unpaired) electrons. The van der Waals surface area contributed by atoms with Crippen LogP contribution in [-0.4, -0.2) is 13.0 Å². The minimum Gasteiger partial charge on any atom is -0.185 e. The summed E-state index contributed by atoms with van der Waals surface area (Å²) in [5.74, 6) is 1.49. The van der Waals surface area contributed by atoms with Crippen molar-refractivity contribution in [3.63, 3.8) is 0 Å². The van der Waals surface area contributed by atoms with Crippen molar-refractivity contribution < 1.29 is 0 Å². The van der Waals surface area contributed by atoms with Crippen LogP contribution in [-0.2, 0) is 0 Å². The van der Waals surface area contributed by atoms with Crippen molar-refractivity contribution in [2.45, 2.75) is 76.9 Å². The van der Waals surface area contributed by atoms with Gasteiger partial charge in [-0.25, -0.2) is 0 Å². The van der Waals surface area contributed by atoms with Crippen LogP contribution in [0.4, 0.5) is 0 Å².